The highest BCUT2D eigenvalue weighted by Crippen LogP contribution is 2.22. The Balaban J connectivity index is 2.19. The molecule has 0 aromatic heterocycles. The van der Waals surface area contributed by atoms with Crippen molar-refractivity contribution < 1.29 is 4.79 Å². The van der Waals surface area contributed by atoms with E-state index in [-0.39, 0.29) is 24.5 Å². The summed E-state index contributed by atoms with van der Waals surface area (Å²) in [6.45, 7) is 2.08. The van der Waals surface area contributed by atoms with Crippen LogP contribution in [0.15, 0.2) is 60.7 Å². The Bertz CT molecular complexity index is 592. The van der Waals surface area contributed by atoms with Crippen LogP contribution in [0.2, 0.25) is 0 Å². The number of carbonyl (C=O) groups excluding carboxylic acids is 1. The zero-order valence-electron chi connectivity index (χ0n) is 12.6. The standard InChI is InChI=1S/C19H20N2O/c1-3-14-20-19(22)15(2)21-18(16-10-6-4-7-11-16)17-12-8-5-9-13-17/h1,4-13,15,18,21H,14H2,2H3,(H,20,22). The van der Waals surface area contributed by atoms with Gasteiger partial charge in [-0.3, -0.25) is 10.1 Å². The summed E-state index contributed by atoms with van der Waals surface area (Å²) in [4.78, 5) is 12.0. The van der Waals surface area contributed by atoms with Gasteiger partial charge in [0.05, 0.1) is 18.6 Å². The minimum atomic E-state index is -0.348. The minimum Gasteiger partial charge on any atom is -0.344 e. The molecule has 22 heavy (non-hydrogen) atoms. The number of rotatable bonds is 6. The van der Waals surface area contributed by atoms with E-state index in [0.29, 0.717) is 0 Å². The van der Waals surface area contributed by atoms with Gasteiger partial charge in [-0.05, 0) is 18.1 Å². The molecule has 0 bridgehead atoms. The van der Waals surface area contributed by atoms with Gasteiger partial charge in [0.1, 0.15) is 0 Å². The number of hydrogen-bond acceptors (Lipinski definition) is 2. The highest BCUT2D eigenvalue weighted by Gasteiger charge is 2.20. The van der Waals surface area contributed by atoms with Crippen molar-refractivity contribution in [2.24, 2.45) is 0 Å². The number of carbonyl (C=O) groups is 1. The van der Waals surface area contributed by atoms with Crippen LogP contribution in [0, 0.1) is 12.3 Å². The summed E-state index contributed by atoms with van der Waals surface area (Å²) in [6, 6.07) is 19.8. The van der Waals surface area contributed by atoms with E-state index in [1.54, 1.807) is 0 Å². The second-order valence-corrected chi connectivity index (χ2v) is 5.06. The number of hydrogen-bond donors (Lipinski definition) is 2. The molecule has 3 nitrogen and oxygen atoms in total. The van der Waals surface area contributed by atoms with Crippen LogP contribution < -0.4 is 10.6 Å². The van der Waals surface area contributed by atoms with E-state index >= 15 is 0 Å². The van der Waals surface area contributed by atoms with Gasteiger partial charge in [-0.25, -0.2) is 0 Å². The van der Waals surface area contributed by atoms with Crippen LogP contribution in [-0.4, -0.2) is 18.5 Å². The molecule has 3 heteroatoms. The van der Waals surface area contributed by atoms with Crippen LogP contribution in [0.3, 0.4) is 0 Å². The fourth-order valence-electron chi connectivity index (χ4n) is 2.29. The summed E-state index contributed by atoms with van der Waals surface area (Å²) < 4.78 is 0. The molecule has 2 aromatic rings. The zero-order chi connectivity index (χ0) is 15.8. The van der Waals surface area contributed by atoms with Crippen LogP contribution in [0.1, 0.15) is 24.1 Å². The van der Waals surface area contributed by atoms with Crippen molar-refractivity contribution >= 4 is 5.91 Å². The largest absolute Gasteiger partial charge is 0.344 e. The van der Waals surface area contributed by atoms with Gasteiger partial charge in [-0.15, -0.1) is 6.42 Å². The quantitative estimate of drug-likeness (QED) is 0.803. The lowest BCUT2D eigenvalue weighted by atomic mass is 9.98. The maximum atomic E-state index is 12.0. The number of nitrogens with one attached hydrogen (secondary N) is 2. The van der Waals surface area contributed by atoms with Crippen LogP contribution in [-0.2, 0) is 4.79 Å². The van der Waals surface area contributed by atoms with Gasteiger partial charge in [0.25, 0.3) is 0 Å². The summed E-state index contributed by atoms with van der Waals surface area (Å²) >= 11 is 0. The topological polar surface area (TPSA) is 41.1 Å². The van der Waals surface area contributed by atoms with E-state index in [0.717, 1.165) is 11.1 Å². The first-order valence-corrected chi connectivity index (χ1v) is 7.29. The van der Waals surface area contributed by atoms with E-state index in [1.807, 2.05) is 43.3 Å². The maximum Gasteiger partial charge on any atom is 0.237 e. The molecule has 0 spiro atoms. The van der Waals surface area contributed by atoms with Crippen molar-refractivity contribution in [3.05, 3.63) is 71.8 Å². The minimum absolute atomic E-state index is 0.0472. The molecule has 1 atom stereocenters. The van der Waals surface area contributed by atoms with Crippen molar-refractivity contribution in [2.75, 3.05) is 6.54 Å². The van der Waals surface area contributed by atoms with Crippen LogP contribution >= 0.6 is 0 Å². The van der Waals surface area contributed by atoms with Gasteiger partial charge in [0.2, 0.25) is 5.91 Å². The molecule has 2 rings (SSSR count). The van der Waals surface area contributed by atoms with Gasteiger partial charge in [0, 0.05) is 0 Å². The highest BCUT2D eigenvalue weighted by atomic mass is 16.2. The Kier molecular flexibility index (Phi) is 5.76. The van der Waals surface area contributed by atoms with Gasteiger partial charge < -0.3 is 5.32 Å². The lowest BCUT2D eigenvalue weighted by Crippen LogP contribution is -2.44. The molecule has 0 radical (unpaired) electrons. The molecular weight excluding hydrogens is 272 g/mol. The second kappa shape index (κ2) is 8.02. The molecule has 112 valence electrons. The Morgan fingerprint density at radius 2 is 1.55 bits per heavy atom. The molecular formula is C19H20N2O. The Labute approximate surface area is 131 Å². The number of terminal acetylenes is 1. The van der Waals surface area contributed by atoms with Crippen molar-refractivity contribution in [3.63, 3.8) is 0 Å². The van der Waals surface area contributed by atoms with Gasteiger partial charge >= 0.3 is 0 Å². The Morgan fingerprint density at radius 3 is 2.00 bits per heavy atom. The molecule has 2 N–H and O–H groups in total. The summed E-state index contributed by atoms with van der Waals surface area (Å²) in [5, 5.41) is 6.08. The third-order valence-electron chi connectivity index (χ3n) is 3.44. The fourth-order valence-corrected chi connectivity index (χ4v) is 2.29. The first-order chi connectivity index (χ1) is 10.7. The lowest BCUT2D eigenvalue weighted by Gasteiger charge is -2.23. The third-order valence-corrected chi connectivity index (χ3v) is 3.44. The molecule has 0 aliphatic rings. The smallest absolute Gasteiger partial charge is 0.237 e. The van der Waals surface area contributed by atoms with Gasteiger partial charge in [0.15, 0.2) is 0 Å². The van der Waals surface area contributed by atoms with Crippen molar-refractivity contribution in [1.82, 2.24) is 10.6 Å². The van der Waals surface area contributed by atoms with E-state index in [9.17, 15) is 4.79 Å². The zero-order valence-corrected chi connectivity index (χ0v) is 12.6. The molecule has 0 saturated carbocycles. The molecule has 1 unspecified atom stereocenters. The second-order valence-electron chi connectivity index (χ2n) is 5.06. The van der Waals surface area contributed by atoms with E-state index in [2.05, 4.69) is 40.8 Å². The Morgan fingerprint density at radius 1 is 1.05 bits per heavy atom. The van der Waals surface area contributed by atoms with Crippen LogP contribution in [0.5, 0.6) is 0 Å². The maximum absolute atomic E-state index is 12.0. The first-order valence-electron chi connectivity index (χ1n) is 7.29. The van der Waals surface area contributed by atoms with Gasteiger partial charge in [-0.2, -0.15) is 0 Å². The first kappa shape index (κ1) is 15.8. The predicted molar refractivity (Wildman–Crippen MR) is 89.2 cm³/mol. The molecule has 1 amide bonds. The van der Waals surface area contributed by atoms with Crippen LogP contribution in [0.25, 0.3) is 0 Å². The normalized spacial score (nSPS) is 11.7. The van der Waals surface area contributed by atoms with Crippen LogP contribution in [0.4, 0.5) is 0 Å². The van der Waals surface area contributed by atoms with Crippen molar-refractivity contribution in [1.29, 1.82) is 0 Å². The average molecular weight is 292 g/mol. The lowest BCUT2D eigenvalue weighted by molar-refractivity contribution is -0.122. The van der Waals surface area contributed by atoms with E-state index < -0.39 is 0 Å². The predicted octanol–water partition coefficient (Wildman–Crippen LogP) is 2.50. The SMILES string of the molecule is C#CCNC(=O)C(C)NC(c1ccccc1)c1ccccc1. The third kappa shape index (κ3) is 4.21. The molecule has 0 saturated heterocycles. The number of benzene rings is 2. The summed E-state index contributed by atoms with van der Waals surface area (Å²) in [6.07, 6.45) is 5.18. The molecule has 2 aromatic carbocycles. The molecule has 0 fully saturated rings. The van der Waals surface area contributed by atoms with E-state index in [4.69, 9.17) is 6.42 Å². The van der Waals surface area contributed by atoms with Gasteiger partial charge in [-0.1, -0.05) is 66.6 Å². The monoisotopic (exact) mass is 292 g/mol. The summed E-state index contributed by atoms with van der Waals surface area (Å²) in [5.74, 6) is 2.31. The summed E-state index contributed by atoms with van der Waals surface area (Å²) in [7, 11) is 0. The summed E-state index contributed by atoms with van der Waals surface area (Å²) in [5.41, 5.74) is 2.23. The molecule has 0 aliphatic carbocycles. The molecule has 0 aliphatic heterocycles. The number of amides is 1. The highest BCUT2D eigenvalue weighted by molar-refractivity contribution is 5.81. The van der Waals surface area contributed by atoms with E-state index in [1.165, 1.54) is 0 Å². The Hall–Kier alpha value is -2.57. The van der Waals surface area contributed by atoms with Crippen molar-refractivity contribution in [3.8, 4) is 12.3 Å². The molecule has 0 heterocycles. The van der Waals surface area contributed by atoms with Crippen molar-refractivity contribution in [2.45, 2.75) is 19.0 Å². The average Bonchev–Trinajstić information content (AvgIpc) is 2.58. The fraction of sp³-hybridized carbons (Fsp3) is 0.211.